The molecule has 1 N–H and O–H groups in total. The van der Waals surface area contributed by atoms with Crippen LogP contribution in [-0.2, 0) is 21.3 Å². The van der Waals surface area contributed by atoms with Crippen molar-refractivity contribution in [3.05, 3.63) is 35.4 Å². The van der Waals surface area contributed by atoms with Gasteiger partial charge in [0.1, 0.15) is 0 Å². The number of likely N-dealkylation sites (tertiary alicyclic amines) is 1. The Morgan fingerprint density at radius 2 is 2.08 bits per heavy atom. The van der Waals surface area contributed by atoms with E-state index in [0.717, 1.165) is 32.5 Å². The van der Waals surface area contributed by atoms with Crippen molar-refractivity contribution in [2.45, 2.75) is 38.8 Å². The van der Waals surface area contributed by atoms with Gasteiger partial charge in [0.25, 0.3) is 0 Å². The fourth-order valence-corrected chi connectivity index (χ4v) is 4.28. The largest absolute Gasteiger partial charge is 0.372 e. The molecular weight excluding hydrogens is 324 g/mol. The van der Waals surface area contributed by atoms with Gasteiger partial charge in [-0.2, -0.15) is 0 Å². The van der Waals surface area contributed by atoms with Crippen molar-refractivity contribution >= 4 is 10.0 Å². The Hall–Kier alpha value is -0.950. The highest BCUT2D eigenvalue weighted by Gasteiger charge is 2.46. The number of benzene rings is 1. The molecule has 134 valence electrons. The van der Waals surface area contributed by atoms with E-state index in [9.17, 15) is 8.42 Å². The molecule has 0 unspecified atom stereocenters. The Morgan fingerprint density at radius 1 is 1.33 bits per heavy atom. The van der Waals surface area contributed by atoms with Crippen LogP contribution in [-0.4, -0.2) is 50.9 Å². The van der Waals surface area contributed by atoms with Gasteiger partial charge in [0.15, 0.2) is 0 Å². The Kier molecular flexibility index (Phi) is 5.30. The molecule has 24 heavy (non-hydrogen) atoms. The van der Waals surface area contributed by atoms with Crippen LogP contribution in [0.3, 0.4) is 0 Å². The summed E-state index contributed by atoms with van der Waals surface area (Å²) in [6.45, 7) is 7.92. The van der Waals surface area contributed by atoms with Gasteiger partial charge in [0, 0.05) is 26.2 Å². The average Bonchev–Trinajstić information content (AvgIpc) is 2.55. The second-order valence-electron chi connectivity index (χ2n) is 7.22. The summed E-state index contributed by atoms with van der Waals surface area (Å²) in [5, 5.41) is 0. The topological polar surface area (TPSA) is 58.6 Å². The van der Waals surface area contributed by atoms with Crippen LogP contribution in [0.2, 0.25) is 0 Å². The van der Waals surface area contributed by atoms with E-state index in [-0.39, 0.29) is 11.4 Å². The van der Waals surface area contributed by atoms with E-state index in [1.165, 1.54) is 11.1 Å². The van der Waals surface area contributed by atoms with Crippen molar-refractivity contribution in [1.82, 2.24) is 9.62 Å². The van der Waals surface area contributed by atoms with Gasteiger partial charge in [-0.1, -0.05) is 24.3 Å². The number of hydrogen-bond acceptors (Lipinski definition) is 4. The molecule has 3 rings (SSSR count). The molecule has 6 heteroatoms. The molecule has 0 saturated carbocycles. The molecular formula is C18H28N2O3S. The molecule has 0 radical (unpaired) electrons. The maximum Gasteiger partial charge on any atom is 0.211 e. The highest BCUT2D eigenvalue weighted by atomic mass is 32.2. The third-order valence-corrected chi connectivity index (χ3v) is 6.65. The molecule has 1 spiro atoms. The zero-order valence-electron chi connectivity index (χ0n) is 14.6. The van der Waals surface area contributed by atoms with Crippen LogP contribution in [0.1, 0.15) is 30.9 Å². The predicted octanol–water partition coefficient (Wildman–Crippen LogP) is 1.92. The first-order valence-electron chi connectivity index (χ1n) is 8.79. The van der Waals surface area contributed by atoms with Crippen LogP contribution in [0.4, 0.5) is 0 Å². The van der Waals surface area contributed by atoms with E-state index in [2.05, 4.69) is 40.8 Å². The fourth-order valence-electron chi connectivity index (χ4n) is 3.58. The molecule has 0 bridgehead atoms. The van der Waals surface area contributed by atoms with E-state index in [4.69, 9.17) is 4.74 Å². The summed E-state index contributed by atoms with van der Waals surface area (Å²) in [4.78, 5) is 2.43. The van der Waals surface area contributed by atoms with E-state index >= 15 is 0 Å². The molecule has 1 aromatic rings. The van der Waals surface area contributed by atoms with Gasteiger partial charge < -0.3 is 4.74 Å². The zero-order chi connectivity index (χ0) is 17.2. The lowest BCUT2D eigenvalue weighted by Gasteiger charge is -2.53. The summed E-state index contributed by atoms with van der Waals surface area (Å²) in [5.74, 6) is 0.431. The van der Waals surface area contributed by atoms with Crippen molar-refractivity contribution < 1.29 is 13.2 Å². The minimum atomic E-state index is -3.10. The maximum atomic E-state index is 11.5. The van der Waals surface area contributed by atoms with Gasteiger partial charge >= 0.3 is 0 Å². The van der Waals surface area contributed by atoms with Crippen LogP contribution >= 0.6 is 0 Å². The number of ether oxygens (including phenoxy) is 1. The van der Waals surface area contributed by atoms with Crippen LogP contribution in [0.15, 0.2) is 24.3 Å². The quantitative estimate of drug-likeness (QED) is 0.850. The van der Waals surface area contributed by atoms with Crippen molar-refractivity contribution in [3.8, 4) is 0 Å². The smallest absolute Gasteiger partial charge is 0.211 e. The lowest BCUT2D eigenvalue weighted by molar-refractivity contribution is -0.181. The summed E-state index contributed by atoms with van der Waals surface area (Å²) in [5.41, 5.74) is 2.73. The van der Waals surface area contributed by atoms with Crippen molar-refractivity contribution in [3.63, 3.8) is 0 Å². The van der Waals surface area contributed by atoms with Gasteiger partial charge in [-0.25, -0.2) is 13.1 Å². The molecule has 5 nitrogen and oxygen atoms in total. The number of rotatable bonds is 6. The number of sulfonamides is 1. The molecule has 2 saturated heterocycles. The Morgan fingerprint density at radius 3 is 2.71 bits per heavy atom. The SMILES string of the molecule is CCS(=O)(=O)NC[C@@H]1CCC2(CN(Cc3ccccc3C)C2)OC1. The van der Waals surface area contributed by atoms with E-state index < -0.39 is 10.0 Å². The van der Waals surface area contributed by atoms with Gasteiger partial charge in [-0.15, -0.1) is 0 Å². The molecule has 2 fully saturated rings. The van der Waals surface area contributed by atoms with Crippen LogP contribution in [0.25, 0.3) is 0 Å². The summed E-state index contributed by atoms with van der Waals surface area (Å²) >= 11 is 0. The summed E-state index contributed by atoms with van der Waals surface area (Å²) < 4.78 is 31.9. The van der Waals surface area contributed by atoms with Gasteiger partial charge in [0.2, 0.25) is 10.0 Å². The molecule has 1 aromatic carbocycles. The van der Waals surface area contributed by atoms with Gasteiger partial charge in [0.05, 0.1) is 18.0 Å². The van der Waals surface area contributed by atoms with Gasteiger partial charge in [-0.3, -0.25) is 4.90 Å². The first-order valence-corrected chi connectivity index (χ1v) is 10.4. The predicted molar refractivity (Wildman–Crippen MR) is 95.3 cm³/mol. The van der Waals surface area contributed by atoms with Crippen molar-refractivity contribution in [2.24, 2.45) is 5.92 Å². The maximum absolute atomic E-state index is 11.5. The van der Waals surface area contributed by atoms with E-state index in [0.29, 0.717) is 19.1 Å². The third-order valence-electron chi connectivity index (χ3n) is 5.28. The Labute approximate surface area is 145 Å². The number of nitrogens with one attached hydrogen (secondary N) is 1. The second kappa shape index (κ2) is 7.12. The highest BCUT2D eigenvalue weighted by molar-refractivity contribution is 7.89. The average molecular weight is 353 g/mol. The second-order valence-corrected chi connectivity index (χ2v) is 9.32. The summed E-state index contributed by atoms with van der Waals surface area (Å²) in [7, 11) is -3.10. The number of nitrogens with zero attached hydrogens (tertiary/aromatic N) is 1. The van der Waals surface area contributed by atoms with Crippen molar-refractivity contribution in [2.75, 3.05) is 32.0 Å². The van der Waals surface area contributed by atoms with Crippen LogP contribution in [0, 0.1) is 12.8 Å². The Balaban J connectivity index is 1.43. The first-order chi connectivity index (χ1) is 11.4. The van der Waals surface area contributed by atoms with Crippen molar-refractivity contribution in [1.29, 1.82) is 0 Å². The number of aryl methyl sites for hydroxylation is 1. The van der Waals surface area contributed by atoms with Crippen LogP contribution in [0.5, 0.6) is 0 Å². The first kappa shape index (κ1) is 17.9. The monoisotopic (exact) mass is 352 g/mol. The van der Waals surface area contributed by atoms with E-state index in [1.807, 2.05) is 0 Å². The normalized spacial score (nSPS) is 24.0. The molecule has 0 aromatic heterocycles. The summed E-state index contributed by atoms with van der Waals surface area (Å²) in [6, 6.07) is 8.52. The van der Waals surface area contributed by atoms with Gasteiger partial charge in [-0.05, 0) is 43.7 Å². The lowest BCUT2D eigenvalue weighted by atomic mass is 9.82. The minimum absolute atomic E-state index is 0.00279. The molecule has 0 aliphatic carbocycles. The van der Waals surface area contributed by atoms with E-state index in [1.54, 1.807) is 6.92 Å². The van der Waals surface area contributed by atoms with Crippen LogP contribution < -0.4 is 4.72 Å². The standard InChI is InChI=1S/C18H28N2O3S/c1-3-24(21,22)19-10-16-8-9-18(23-12-16)13-20(14-18)11-17-7-5-4-6-15(17)2/h4-7,16,19H,3,8-14H2,1-2H3/t16-/m0/s1. The Bertz CT molecular complexity index is 659. The summed E-state index contributed by atoms with van der Waals surface area (Å²) in [6.07, 6.45) is 2.06. The minimum Gasteiger partial charge on any atom is -0.372 e. The molecule has 1 atom stereocenters. The molecule has 2 aliphatic rings. The molecule has 2 heterocycles. The molecule has 2 aliphatic heterocycles. The zero-order valence-corrected chi connectivity index (χ0v) is 15.4. The fraction of sp³-hybridized carbons (Fsp3) is 0.667. The third kappa shape index (κ3) is 4.17. The highest BCUT2D eigenvalue weighted by Crippen LogP contribution is 2.36. The number of hydrogen-bond donors (Lipinski definition) is 1. The lowest BCUT2D eigenvalue weighted by Crippen LogP contribution is -2.64. The molecule has 0 amide bonds.